The molecule has 1 fully saturated rings. The molecule has 2 atom stereocenters. The highest BCUT2D eigenvalue weighted by molar-refractivity contribution is 5.98. The lowest BCUT2D eigenvalue weighted by atomic mass is 9.92. The summed E-state index contributed by atoms with van der Waals surface area (Å²) in [6, 6.07) is 6.28. The van der Waals surface area contributed by atoms with Gasteiger partial charge in [-0.05, 0) is 23.8 Å². The van der Waals surface area contributed by atoms with Gasteiger partial charge in [-0.1, -0.05) is 6.07 Å². The predicted molar refractivity (Wildman–Crippen MR) is 90.7 cm³/mol. The number of amides is 1. The average Bonchev–Trinajstić information content (AvgIpc) is 3.31. The summed E-state index contributed by atoms with van der Waals surface area (Å²) in [6.45, 7) is 0.977. The number of fused-ring (bicyclic) bond motifs is 1. The van der Waals surface area contributed by atoms with Crippen molar-refractivity contribution in [3.8, 4) is 0 Å². The van der Waals surface area contributed by atoms with Crippen LogP contribution in [0, 0.1) is 11.7 Å². The number of hydrogen-bond acceptors (Lipinski definition) is 3. The minimum atomic E-state index is -0.351. The van der Waals surface area contributed by atoms with Crippen LogP contribution in [0.4, 0.5) is 4.39 Å². The summed E-state index contributed by atoms with van der Waals surface area (Å²) < 4.78 is 15.6. The molecular formula is C18H19FN4O2. The molecule has 1 amide bonds. The van der Waals surface area contributed by atoms with Gasteiger partial charge in [0.2, 0.25) is 0 Å². The molecule has 1 aromatic carbocycles. The number of aliphatic hydroxyl groups is 1. The highest BCUT2D eigenvalue weighted by atomic mass is 19.1. The molecule has 0 spiro atoms. The van der Waals surface area contributed by atoms with E-state index in [1.165, 1.54) is 6.07 Å². The topological polar surface area (TPSA) is 74.2 Å². The van der Waals surface area contributed by atoms with Gasteiger partial charge in [-0.25, -0.2) is 4.39 Å². The molecule has 3 aromatic rings. The van der Waals surface area contributed by atoms with Crippen LogP contribution < -0.4 is 0 Å². The van der Waals surface area contributed by atoms with Gasteiger partial charge in [0.15, 0.2) is 0 Å². The quantitative estimate of drug-likeness (QED) is 0.763. The number of aromatic amines is 1. The molecule has 2 aromatic heterocycles. The molecule has 3 heterocycles. The molecule has 25 heavy (non-hydrogen) atoms. The van der Waals surface area contributed by atoms with Gasteiger partial charge < -0.3 is 15.0 Å². The van der Waals surface area contributed by atoms with Crippen LogP contribution in [0.1, 0.15) is 22.0 Å². The highest BCUT2D eigenvalue weighted by Gasteiger charge is 2.37. The number of H-pyrrole nitrogens is 1. The molecule has 2 N–H and O–H groups in total. The van der Waals surface area contributed by atoms with Crippen LogP contribution in [-0.2, 0) is 7.05 Å². The summed E-state index contributed by atoms with van der Waals surface area (Å²) in [4.78, 5) is 17.5. The Morgan fingerprint density at radius 2 is 2.28 bits per heavy atom. The van der Waals surface area contributed by atoms with Crippen LogP contribution in [0.15, 0.2) is 36.7 Å². The molecule has 0 radical (unpaired) electrons. The van der Waals surface area contributed by atoms with E-state index in [4.69, 9.17) is 0 Å². The maximum atomic E-state index is 13.9. The van der Waals surface area contributed by atoms with Crippen LogP contribution in [0.5, 0.6) is 0 Å². The number of nitrogens with zero attached hydrogens (tertiary/aromatic N) is 3. The molecule has 0 bridgehead atoms. The molecule has 0 aliphatic carbocycles. The van der Waals surface area contributed by atoms with Gasteiger partial charge in [0, 0.05) is 55.7 Å². The average molecular weight is 342 g/mol. The number of aromatic nitrogens is 3. The first kappa shape index (κ1) is 15.8. The van der Waals surface area contributed by atoms with E-state index >= 15 is 0 Å². The summed E-state index contributed by atoms with van der Waals surface area (Å²) in [5, 5.41) is 14.3. The van der Waals surface area contributed by atoms with Crippen LogP contribution in [0.25, 0.3) is 10.9 Å². The molecule has 1 saturated heterocycles. The zero-order chi connectivity index (χ0) is 17.6. The first-order valence-corrected chi connectivity index (χ1v) is 8.22. The summed E-state index contributed by atoms with van der Waals surface area (Å²) in [5.41, 5.74) is 1.98. The number of carbonyl (C=O) groups excluding carboxylic acids is 1. The minimum Gasteiger partial charge on any atom is -0.396 e. The number of benzene rings is 1. The highest BCUT2D eigenvalue weighted by Crippen LogP contribution is 2.33. The summed E-state index contributed by atoms with van der Waals surface area (Å²) in [5.74, 6) is -0.519. The van der Waals surface area contributed by atoms with Crippen LogP contribution in [0.3, 0.4) is 0 Å². The van der Waals surface area contributed by atoms with Crippen LogP contribution >= 0.6 is 0 Å². The van der Waals surface area contributed by atoms with E-state index in [-0.39, 0.29) is 30.2 Å². The number of halogens is 1. The van der Waals surface area contributed by atoms with Crippen molar-refractivity contribution in [2.45, 2.75) is 5.92 Å². The third-order valence-corrected chi connectivity index (χ3v) is 4.96. The number of nitrogens with one attached hydrogen (secondary N) is 1. The lowest BCUT2D eigenvalue weighted by Crippen LogP contribution is -2.29. The minimum absolute atomic E-state index is 0.00463. The van der Waals surface area contributed by atoms with E-state index in [1.54, 1.807) is 34.0 Å². The zero-order valence-electron chi connectivity index (χ0n) is 13.8. The molecule has 4 rings (SSSR count). The Morgan fingerprint density at radius 3 is 2.96 bits per heavy atom. The Balaban J connectivity index is 1.60. The maximum absolute atomic E-state index is 13.9. The molecule has 0 saturated carbocycles. The second-order valence-corrected chi connectivity index (χ2v) is 6.59. The number of likely N-dealkylation sites (tertiary alicyclic amines) is 1. The van der Waals surface area contributed by atoms with Crippen LogP contribution in [0.2, 0.25) is 0 Å². The van der Waals surface area contributed by atoms with Crippen molar-refractivity contribution >= 4 is 16.8 Å². The Bertz CT molecular complexity index is 932. The fraction of sp³-hybridized carbons (Fsp3) is 0.333. The number of carbonyl (C=O) groups is 1. The van der Waals surface area contributed by atoms with E-state index in [9.17, 15) is 14.3 Å². The zero-order valence-corrected chi connectivity index (χ0v) is 13.8. The Hall–Kier alpha value is -2.67. The van der Waals surface area contributed by atoms with Gasteiger partial charge in [-0.2, -0.15) is 5.10 Å². The van der Waals surface area contributed by atoms with E-state index in [0.717, 1.165) is 5.56 Å². The van der Waals surface area contributed by atoms with Gasteiger partial charge in [-0.15, -0.1) is 0 Å². The summed E-state index contributed by atoms with van der Waals surface area (Å²) in [7, 11) is 1.84. The first-order chi connectivity index (χ1) is 12.1. The number of rotatable bonds is 3. The van der Waals surface area contributed by atoms with Crippen molar-refractivity contribution in [1.29, 1.82) is 0 Å². The Labute approximate surface area is 143 Å². The second kappa shape index (κ2) is 6.00. The number of hydrogen-bond donors (Lipinski definition) is 2. The van der Waals surface area contributed by atoms with Crippen molar-refractivity contribution in [3.05, 3.63) is 53.7 Å². The third-order valence-electron chi connectivity index (χ3n) is 4.96. The standard InChI is InChI=1S/C18H19FN4O2/c1-22-7-11(6-20-22)14-9-23(8-12(14)10-24)18(25)17-5-13-15(19)3-2-4-16(13)21-17/h2-7,12,14,21,24H,8-10H2,1H3/t12-,14-/m0/s1. The fourth-order valence-corrected chi connectivity index (χ4v) is 3.64. The maximum Gasteiger partial charge on any atom is 0.270 e. The van der Waals surface area contributed by atoms with Crippen LogP contribution in [-0.4, -0.2) is 50.4 Å². The van der Waals surface area contributed by atoms with Gasteiger partial charge in [0.25, 0.3) is 5.91 Å². The summed E-state index contributed by atoms with van der Waals surface area (Å²) in [6.07, 6.45) is 3.69. The van der Waals surface area contributed by atoms with Crippen molar-refractivity contribution in [2.24, 2.45) is 13.0 Å². The van der Waals surface area contributed by atoms with E-state index in [1.807, 2.05) is 13.2 Å². The van der Waals surface area contributed by atoms with Crippen molar-refractivity contribution < 1.29 is 14.3 Å². The molecule has 1 aliphatic rings. The number of aryl methyl sites for hydroxylation is 1. The summed E-state index contributed by atoms with van der Waals surface area (Å²) >= 11 is 0. The third kappa shape index (κ3) is 2.70. The molecule has 0 unspecified atom stereocenters. The normalized spacial score (nSPS) is 20.5. The van der Waals surface area contributed by atoms with Crippen molar-refractivity contribution in [3.63, 3.8) is 0 Å². The largest absolute Gasteiger partial charge is 0.396 e. The van der Waals surface area contributed by atoms with E-state index in [0.29, 0.717) is 29.7 Å². The predicted octanol–water partition coefficient (Wildman–Crippen LogP) is 1.89. The molecule has 1 aliphatic heterocycles. The van der Waals surface area contributed by atoms with E-state index in [2.05, 4.69) is 10.1 Å². The van der Waals surface area contributed by atoms with Gasteiger partial charge in [0.1, 0.15) is 11.5 Å². The molecule has 130 valence electrons. The monoisotopic (exact) mass is 342 g/mol. The lowest BCUT2D eigenvalue weighted by molar-refractivity contribution is 0.0776. The van der Waals surface area contributed by atoms with Crippen molar-refractivity contribution in [1.82, 2.24) is 19.7 Å². The fourth-order valence-electron chi connectivity index (χ4n) is 3.64. The van der Waals surface area contributed by atoms with E-state index < -0.39 is 0 Å². The van der Waals surface area contributed by atoms with Gasteiger partial charge >= 0.3 is 0 Å². The van der Waals surface area contributed by atoms with Crippen molar-refractivity contribution in [2.75, 3.05) is 19.7 Å². The lowest BCUT2D eigenvalue weighted by Gasteiger charge is -2.15. The van der Waals surface area contributed by atoms with Gasteiger partial charge in [-0.3, -0.25) is 9.48 Å². The number of aliphatic hydroxyl groups excluding tert-OH is 1. The molecule has 6 nitrogen and oxygen atoms in total. The second-order valence-electron chi connectivity index (χ2n) is 6.59. The SMILES string of the molecule is Cn1cc([C@@H]2CN(C(=O)c3cc4c(F)cccc4[nH]3)C[C@H]2CO)cn1. The Kier molecular flexibility index (Phi) is 3.80. The molecular weight excluding hydrogens is 323 g/mol. The first-order valence-electron chi connectivity index (χ1n) is 8.22. The van der Waals surface area contributed by atoms with Gasteiger partial charge in [0.05, 0.1) is 6.20 Å². The Morgan fingerprint density at radius 1 is 1.44 bits per heavy atom. The smallest absolute Gasteiger partial charge is 0.270 e. The molecule has 7 heteroatoms.